The summed E-state index contributed by atoms with van der Waals surface area (Å²) in [7, 11) is 0. The Morgan fingerprint density at radius 3 is 2.79 bits per heavy atom. The third-order valence-electron chi connectivity index (χ3n) is 3.00. The average Bonchev–Trinajstić information content (AvgIpc) is 2.67. The molecule has 96 valence electrons. The van der Waals surface area contributed by atoms with Crippen molar-refractivity contribution in [3.05, 3.63) is 52.5 Å². The molecule has 0 atom stereocenters. The molecule has 0 amide bonds. The summed E-state index contributed by atoms with van der Waals surface area (Å²) < 4.78 is 16.2. The summed E-state index contributed by atoms with van der Waals surface area (Å²) in [4.78, 5) is 4.46. The van der Waals surface area contributed by atoms with Gasteiger partial charge in [0.2, 0.25) is 0 Å². The van der Waals surface area contributed by atoms with Gasteiger partial charge in [0.05, 0.1) is 16.7 Å². The first-order valence-electron chi connectivity index (χ1n) is 5.76. The molecule has 3 aromatic rings. The van der Waals surface area contributed by atoms with Crippen molar-refractivity contribution in [2.75, 3.05) is 5.73 Å². The van der Waals surface area contributed by atoms with Crippen LogP contribution in [0.15, 0.2) is 40.9 Å². The molecule has 0 bridgehead atoms. The molecular weight excluding hydrogens is 309 g/mol. The number of anilines is 1. The molecule has 0 aliphatic rings. The predicted molar refractivity (Wildman–Crippen MR) is 77.9 cm³/mol. The van der Waals surface area contributed by atoms with Gasteiger partial charge in [0.25, 0.3) is 0 Å². The Hall–Kier alpha value is -1.88. The summed E-state index contributed by atoms with van der Waals surface area (Å²) in [5, 5.41) is 0. The Labute approximate surface area is 118 Å². The van der Waals surface area contributed by atoms with E-state index in [1.54, 1.807) is 6.07 Å². The second kappa shape index (κ2) is 4.35. The average molecular weight is 320 g/mol. The van der Waals surface area contributed by atoms with Gasteiger partial charge in [-0.1, -0.05) is 0 Å². The summed E-state index contributed by atoms with van der Waals surface area (Å²) >= 11 is 3.45. The molecule has 0 spiro atoms. The molecule has 3 nitrogen and oxygen atoms in total. The highest BCUT2D eigenvalue weighted by atomic mass is 79.9. The number of benzene rings is 2. The molecule has 0 radical (unpaired) electrons. The normalized spacial score (nSPS) is 11.1. The third kappa shape index (κ3) is 2.00. The highest BCUT2D eigenvalue weighted by Crippen LogP contribution is 2.28. The number of aromatic nitrogens is 2. The number of nitrogens with two attached hydrogens (primary N) is 1. The fourth-order valence-corrected chi connectivity index (χ4v) is 2.60. The van der Waals surface area contributed by atoms with E-state index < -0.39 is 0 Å². The van der Waals surface area contributed by atoms with Gasteiger partial charge in [-0.15, -0.1) is 0 Å². The number of rotatable bonds is 1. The fourth-order valence-electron chi connectivity index (χ4n) is 2.18. The smallest absolute Gasteiger partial charge is 0.125 e. The first kappa shape index (κ1) is 12.2. The molecule has 0 aliphatic carbocycles. The van der Waals surface area contributed by atoms with Gasteiger partial charge in [-0.2, -0.15) is 0 Å². The molecule has 2 N–H and O–H groups in total. The van der Waals surface area contributed by atoms with Crippen LogP contribution >= 0.6 is 15.9 Å². The lowest BCUT2D eigenvalue weighted by Gasteiger charge is -2.09. The van der Waals surface area contributed by atoms with Gasteiger partial charge in [-0.05, 0) is 59.3 Å². The van der Waals surface area contributed by atoms with Gasteiger partial charge in [-0.25, -0.2) is 9.37 Å². The molecule has 0 aliphatic heterocycles. The highest BCUT2D eigenvalue weighted by molar-refractivity contribution is 9.10. The molecule has 5 heteroatoms. The molecule has 19 heavy (non-hydrogen) atoms. The Bertz CT molecular complexity index is 780. The second-order valence-electron chi connectivity index (χ2n) is 4.34. The predicted octanol–water partition coefficient (Wildman–Crippen LogP) is 3.82. The molecule has 1 heterocycles. The van der Waals surface area contributed by atoms with E-state index in [4.69, 9.17) is 5.73 Å². The van der Waals surface area contributed by atoms with Crippen molar-refractivity contribution in [1.29, 1.82) is 0 Å². The maximum atomic E-state index is 13.5. The highest BCUT2D eigenvalue weighted by Gasteiger charge is 2.12. The van der Waals surface area contributed by atoms with Crippen molar-refractivity contribution < 1.29 is 4.39 Å². The van der Waals surface area contributed by atoms with E-state index >= 15 is 0 Å². The zero-order valence-electron chi connectivity index (χ0n) is 10.2. The van der Waals surface area contributed by atoms with Crippen LogP contribution in [0.25, 0.3) is 16.7 Å². The van der Waals surface area contributed by atoms with E-state index in [-0.39, 0.29) is 5.82 Å². The number of nitrogens with zero attached hydrogens (tertiary/aromatic N) is 2. The minimum atomic E-state index is -0.283. The van der Waals surface area contributed by atoms with Crippen LogP contribution in [0.3, 0.4) is 0 Å². The molecule has 1 aromatic heterocycles. The van der Waals surface area contributed by atoms with Crippen LogP contribution in [0.2, 0.25) is 0 Å². The van der Waals surface area contributed by atoms with Crippen LogP contribution in [-0.2, 0) is 0 Å². The van der Waals surface area contributed by atoms with Crippen LogP contribution < -0.4 is 5.73 Å². The van der Waals surface area contributed by atoms with Crippen LogP contribution in [0, 0.1) is 12.7 Å². The quantitative estimate of drug-likeness (QED) is 0.693. The van der Waals surface area contributed by atoms with Gasteiger partial charge in [0.1, 0.15) is 11.6 Å². The lowest BCUT2D eigenvalue weighted by Crippen LogP contribution is -1.98. The van der Waals surface area contributed by atoms with E-state index in [1.165, 1.54) is 12.1 Å². The lowest BCUT2D eigenvalue weighted by atomic mass is 10.2. The summed E-state index contributed by atoms with van der Waals surface area (Å²) in [5.74, 6) is 0.502. The first-order valence-corrected chi connectivity index (χ1v) is 6.55. The number of imidazole rings is 1. The number of nitrogen functional groups attached to an aromatic ring is 1. The number of fused-ring (bicyclic) bond motifs is 1. The summed E-state index contributed by atoms with van der Waals surface area (Å²) in [6.45, 7) is 1.88. The standard InChI is InChI=1S/C14H11BrFN3/c1-8-18-12-7-10(17)3-5-13(12)19(8)14-6-9(16)2-4-11(14)15/h2-7H,17H2,1H3. The molecule has 0 saturated heterocycles. The fraction of sp³-hybridized carbons (Fsp3) is 0.0714. The lowest BCUT2D eigenvalue weighted by molar-refractivity contribution is 0.626. The van der Waals surface area contributed by atoms with Gasteiger partial charge < -0.3 is 5.73 Å². The van der Waals surface area contributed by atoms with E-state index in [9.17, 15) is 4.39 Å². The number of aryl methyl sites for hydroxylation is 1. The van der Waals surface area contributed by atoms with Crippen LogP contribution in [0.4, 0.5) is 10.1 Å². The van der Waals surface area contributed by atoms with Gasteiger partial charge in [-0.3, -0.25) is 4.57 Å². The monoisotopic (exact) mass is 319 g/mol. The molecule has 3 rings (SSSR count). The van der Waals surface area contributed by atoms with Crippen molar-refractivity contribution in [3.63, 3.8) is 0 Å². The Morgan fingerprint density at radius 1 is 1.21 bits per heavy atom. The van der Waals surface area contributed by atoms with Gasteiger partial charge in [0, 0.05) is 10.2 Å². The number of halogens is 2. The van der Waals surface area contributed by atoms with Gasteiger partial charge in [0.15, 0.2) is 0 Å². The number of hydrogen-bond donors (Lipinski definition) is 1. The van der Waals surface area contributed by atoms with Crippen LogP contribution in [0.1, 0.15) is 5.82 Å². The largest absolute Gasteiger partial charge is 0.399 e. The van der Waals surface area contributed by atoms with Crippen LogP contribution in [0.5, 0.6) is 0 Å². The maximum Gasteiger partial charge on any atom is 0.125 e. The second-order valence-corrected chi connectivity index (χ2v) is 5.19. The molecular formula is C14H11BrFN3. The SMILES string of the molecule is Cc1nc2cc(N)ccc2n1-c1cc(F)ccc1Br. The summed E-state index contributed by atoms with van der Waals surface area (Å²) in [6.07, 6.45) is 0. The van der Waals surface area contributed by atoms with Crippen molar-refractivity contribution in [3.8, 4) is 5.69 Å². The van der Waals surface area contributed by atoms with E-state index in [1.807, 2.05) is 29.7 Å². The Kier molecular flexibility index (Phi) is 2.78. The van der Waals surface area contributed by atoms with Gasteiger partial charge >= 0.3 is 0 Å². The molecule has 2 aromatic carbocycles. The van der Waals surface area contributed by atoms with E-state index in [0.717, 1.165) is 27.0 Å². The zero-order chi connectivity index (χ0) is 13.6. The van der Waals surface area contributed by atoms with Crippen molar-refractivity contribution in [1.82, 2.24) is 9.55 Å². The summed E-state index contributed by atoms with van der Waals surface area (Å²) in [6, 6.07) is 10.1. The molecule has 0 fully saturated rings. The van der Waals surface area contributed by atoms with Crippen molar-refractivity contribution in [2.24, 2.45) is 0 Å². The Balaban J connectivity index is 2.36. The molecule has 0 unspecified atom stereocenters. The first-order chi connectivity index (χ1) is 9.06. The maximum absolute atomic E-state index is 13.5. The van der Waals surface area contributed by atoms with E-state index in [2.05, 4.69) is 20.9 Å². The minimum absolute atomic E-state index is 0.283. The van der Waals surface area contributed by atoms with Crippen LogP contribution in [-0.4, -0.2) is 9.55 Å². The van der Waals surface area contributed by atoms with E-state index in [0.29, 0.717) is 5.69 Å². The zero-order valence-corrected chi connectivity index (χ0v) is 11.8. The minimum Gasteiger partial charge on any atom is -0.399 e. The topological polar surface area (TPSA) is 43.8 Å². The van der Waals surface area contributed by atoms with Crippen molar-refractivity contribution in [2.45, 2.75) is 6.92 Å². The number of hydrogen-bond acceptors (Lipinski definition) is 2. The Morgan fingerprint density at radius 2 is 2.00 bits per heavy atom. The summed E-state index contributed by atoms with van der Waals surface area (Å²) in [5.41, 5.74) is 8.85. The molecule has 0 saturated carbocycles. The van der Waals surface area contributed by atoms with Crippen molar-refractivity contribution >= 4 is 32.7 Å². The third-order valence-corrected chi connectivity index (χ3v) is 3.67.